The molecule has 178 valence electrons. The fourth-order valence-electron chi connectivity index (χ4n) is 3.41. The number of nitro benzene ring substituents is 1. The minimum Gasteiger partial charge on any atom is -0.258 e. The SMILES string of the molecule is O=[N+]([O-])c1ccc([S@](=NS(=O)(=O)c2ccccc2)N(Cc2ccccc2)Cc2ccccc2)cc1. The molecule has 7 nitrogen and oxygen atoms in total. The Bertz CT molecular complexity index is 1370. The van der Waals surface area contributed by atoms with Gasteiger partial charge in [-0.05, 0) is 35.4 Å². The van der Waals surface area contributed by atoms with Gasteiger partial charge in [0.25, 0.3) is 15.7 Å². The first-order chi connectivity index (χ1) is 16.9. The Labute approximate surface area is 207 Å². The molecule has 0 aliphatic heterocycles. The van der Waals surface area contributed by atoms with Crippen molar-refractivity contribution < 1.29 is 13.3 Å². The first-order valence-corrected chi connectivity index (χ1v) is 13.3. The van der Waals surface area contributed by atoms with Crippen molar-refractivity contribution in [3.05, 3.63) is 137 Å². The summed E-state index contributed by atoms with van der Waals surface area (Å²) in [6.45, 7) is 0.868. The first-order valence-electron chi connectivity index (χ1n) is 10.8. The molecule has 4 aromatic carbocycles. The second-order valence-electron chi connectivity index (χ2n) is 7.65. The molecule has 35 heavy (non-hydrogen) atoms. The van der Waals surface area contributed by atoms with Crippen molar-refractivity contribution in [2.24, 2.45) is 3.77 Å². The Morgan fingerprint density at radius 1 is 0.714 bits per heavy atom. The summed E-state index contributed by atoms with van der Waals surface area (Å²) in [5.41, 5.74) is 1.92. The second-order valence-corrected chi connectivity index (χ2v) is 11.2. The highest BCUT2D eigenvalue weighted by Gasteiger charge is 2.21. The standard InChI is InChI=1S/C26H23N3O4S2/c30-29(31)24-16-18-25(19-17-24)34(27-35(32,33)26-14-8-3-9-15-26)28(20-22-10-4-1-5-11-22)21-23-12-6-2-7-13-23/h1-19H,20-21H2/t34-/m1/s1. The summed E-state index contributed by atoms with van der Waals surface area (Å²) in [5.74, 6) is 0. The fourth-order valence-corrected chi connectivity index (χ4v) is 6.94. The summed E-state index contributed by atoms with van der Waals surface area (Å²) >= 11 is 0. The van der Waals surface area contributed by atoms with E-state index < -0.39 is 25.8 Å². The summed E-state index contributed by atoms with van der Waals surface area (Å²) < 4.78 is 33.0. The molecule has 1 atom stereocenters. The van der Waals surface area contributed by atoms with E-state index >= 15 is 0 Å². The number of rotatable bonds is 9. The zero-order chi connectivity index (χ0) is 24.7. The summed E-state index contributed by atoms with van der Waals surface area (Å²) in [7, 11) is -5.27. The van der Waals surface area contributed by atoms with Crippen LogP contribution < -0.4 is 0 Å². The maximum atomic E-state index is 13.3. The van der Waals surface area contributed by atoms with Gasteiger partial charge in [0, 0.05) is 41.0 Å². The molecular formula is C26H23N3O4S2. The van der Waals surface area contributed by atoms with Crippen molar-refractivity contribution in [1.82, 2.24) is 4.31 Å². The van der Waals surface area contributed by atoms with Gasteiger partial charge in [0.15, 0.2) is 0 Å². The molecule has 0 saturated heterocycles. The quantitative estimate of drug-likeness (QED) is 0.213. The van der Waals surface area contributed by atoms with Crippen LogP contribution in [0.3, 0.4) is 0 Å². The molecule has 0 amide bonds. The normalized spacial score (nSPS) is 12.5. The minimum atomic E-state index is -4.00. The molecular weight excluding hydrogens is 482 g/mol. The number of nitrogens with zero attached hydrogens (tertiary/aromatic N) is 3. The van der Waals surface area contributed by atoms with Gasteiger partial charge >= 0.3 is 0 Å². The van der Waals surface area contributed by atoms with Gasteiger partial charge in [-0.1, -0.05) is 78.9 Å². The average Bonchev–Trinajstić information content (AvgIpc) is 2.89. The number of hydrogen-bond donors (Lipinski definition) is 0. The van der Waals surface area contributed by atoms with Gasteiger partial charge in [-0.2, -0.15) is 8.42 Å². The molecule has 0 N–H and O–H groups in total. The Morgan fingerprint density at radius 3 is 1.63 bits per heavy atom. The van der Waals surface area contributed by atoms with Crippen LogP contribution in [0.15, 0.2) is 129 Å². The molecule has 4 rings (SSSR count). The van der Waals surface area contributed by atoms with Gasteiger partial charge in [0.2, 0.25) is 0 Å². The monoisotopic (exact) mass is 505 g/mol. The third-order valence-corrected chi connectivity index (χ3v) is 8.78. The van der Waals surface area contributed by atoms with Crippen molar-refractivity contribution >= 4 is 26.6 Å². The molecule has 0 saturated carbocycles. The Kier molecular flexibility index (Phi) is 7.81. The van der Waals surface area contributed by atoms with E-state index in [2.05, 4.69) is 3.77 Å². The van der Waals surface area contributed by atoms with E-state index in [4.69, 9.17) is 0 Å². The van der Waals surface area contributed by atoms with E-state index in [1.165, 1.54) is 24.3 Å². The van der Waals surface area contributed by atoms with Gasteiger partial charge in [0.05, 0.1) is 9.82 Å². The van der Waals surface area contributed by atoms with Crippen LogP contribution in [0.5, 0.6) is 0 Å². The highest BCUT2D eigenvalue weighted by Crippen LogP contribution is 2.25. The maximum Gasteiger partial charge on any atom is 0.289 e. The number of nitro groups is 1. The topological polar surface area (TPSA) is 92.9 Å². The van der Waals surface area contributed by atoms with E-state index in [1.54, 1.807) is 30.3 Å². The lowest BCUT2D eigenvalue weighted by Crippen LogP contribution is -2.26. The number of non-ortho nitro benzene ring substituents is 1. The molecule has 0 unspecified atom stereocenters. The van der Waals surface area contributed by atoms with E-state index in [9.17, 15) is 18.5 Å². The first kappa shape index (κ1) is 24.5. The summed E-state index contributed by atoms with van der Waals surface area (Å²) in [6, 6.07) is 33.4. The van der Waals surface area contributed by atoms with E-state index in [0.29, 0.717) is 18.0 Å². The zero-order valence-corrected chi connectivity index (χ0v) is 20.3. The largest absolute Gasteiger partial charge is 0.289 e. The molecule has 0 aliphatic rings. The summed E-state index contributed by atoms with van der Waals surface area (Å²) in [5, 5.41) is 11.2. The van der Waals surface area contributed by atoms with Crippen molar-refractivity contribution in [1.29, 1.82) is 0 Å². The van der Waals surface area contributed by atoms with Crippen LogP contribution in [0.4, 0.5) is 5.69 Å². The third kappa shape index (κ3) is 6.48. The lowest BCUT2D eigenvalue weighted by molar-refractivity contribution is -0.384. The van der Waals surface area contributed by atoms with Gasteiger partial charge in [-0.25, -0.2) is 4.31 Å². The van der Waals surface area contributed by atoms with Crippen molar-refractivity contribution in [3.8, 4) is 0 Å². The molecule has 0 aromatic heterocycles. The van der Waals surface area contributed by atoms with Crippen LogP contribution in [0.1, 0.15) is 11.1 Å². The van der Waals surface area contributed by atoms with Crippen LogP contribution in [0.25, 0.3) is 0 Å². The minimum absolute atomic E-state index is 0.0686. The predicted molar refractivity (Wildman–Crippen MR) is 137 cm³/mol. The highest BCUT2D eigenvalue weighted by molar-refractivity contribution is 7.99. The highest BCUT2D eigenvalue weighted by atomic mass is 32.3. The Balaban J connectivity index is 1.85. The number of sulfonamides is 1. The Morgan fingerprint density at radius 2 is 1.17 bits per heavy atom. The molecule has 0 radical (unpaired) electrons. The van der Waals surface area contributed by atoms with Gasteiger partial charge < -0.3 is 0 Å². The van der Waals surface area contributed by atoms with Crippen LogP contribution in [-0.4, -0.2) is 17.6 Å². The molecule has 4 aromatic rings. The second kappa shape index (κ2) is 11.2. The van der Waals surface area contributed by atoms with E-state index in [0.717, 1.165) is 11.1 Å². The third-order valence-electron chi connectivity index (χ3n) is 5.12. The van der Waals surface area contributed by atoms with Gasteiger partial charge in [0.1, 0.15) is 0 Å². The lowest BCUT2D eigenvalue weighted by atomic mass is 10.2. The Hall–Kier alpha value is -3.66. The number of hydrogen-bond acceptors (Lipinski definition) is 4. The van der Waals surface area contributed by atoms with Crippen LogP contribution in [-0.2, 0) is 34.0 Å². The van der Waals surface area contributed by atoms with E-state index in [-0.39, 0.29) is 10.6 Å². The van der Waals surface area contributed by atoms with Gasteiger partial charge in [-0.15, -0.1) is 3.77 Å². The molecule has 0 heterocycles. The van der Waals surface area contributed by atoms with Crippen molar-refractivity contribution in [3.63, 3.8) is 0 Å². The summed E-state index contributed by atoms with van der Waals surface area (Å²) in [4.78, 5) is 11.4. The van der Waals surface area contributed by atoms with Crippen LogP contribution in [0, 0.1) is 10.1 Å². The molecule has 9 heteroatoms. The van der Waals surface area contributed by atoms with Crippen molar-refractivity contribution in [2.45, 2.75) is 22.9 Å². The molecule has 0 bridgehead atoms. The van der Waals surface area contributed by atoms with Crippen LogP contribution in [0.2, 0.25) is 0 Å². The smallest absolute Gasteiger partial charge is 0.258 e. The predicted octanol–water partition coefficient (Wildman–Crippen LogP) is 5.76. The molecule has 0 spiro atoms. The molecule has 0 fully saturated rings. The number of benzene rings is 4. The zero-order valence-electron chi connectivity index (χ0n) is 18.7. The van der Waals surface area contributed by atoms with Gasteiger partial charge in [-0.3, -0.25) is 10.1 Å². The molecule has 0 aliphatic carbocycles. The summed E-state index contributed by atoms with van der Waals surface area (Å²) in [6.07, 6.45) is 0. The van der Waals surface area contributed by atoms with Crippen LogP contribution >= 0.6 is 0 Å². The maximum absolute atomic E-state index is 13.3. The lowest BCUT2D eigenvalue weighted by Gasteiger charge is -2.25. The van der Waals surface area contributed by atoms with E-state index in [1.807, 2.05) is 65.0 Å². The average molecular weight is 506 g/mol. The van der Waals surface area contributed by atoms with Crippen molar-refractivity contribution in [2.75, 3.05) is 0 Å². The fraction of sp³-hybridized carbons (Fsp3) is 0.0769.